The minimum absolute atomic E-state index is 0.0128. The van der Waals surface area contributed by atoms with Gasteiger partial charge in [0, 0.05) is 5.69 Å². The summed E-state index contributed by atoms with van der Waals surface area (Å²) >= 11 is 1.13. The molecule has 184 valence electrons. The van der Waals surface area contributed by atoms with Crippen molar-refractivity contribution in [2.45, 2.75) is 25.2 Å². The molecule has 0 saturated heterocycles. The molecule has 0 radical (unpaired) electrons. The number of alkyl halides is 3. The molecule has 36 heavy (non-hydrogen) atoms. The normalized spacial score (nSPS) is 11.7. The lowest BCUT2D eigenvalue weighted by atomic mass is 10.2. The van der Waals surface area contributed by atoms with Gasteiger partial charge in [-0.3, -0.25) is 9.36 Å². The second-order valence-corrected chi connectivity index (χ2v) is 8.84. The van der Waals surface area contributed by atoms with E-state index in [0.717, 1.165) is 40.2 Å². The molecule has 1 heterocycles. The third kappa shape index (κ3) is 6.01. The third-order valence-corrected chi connectivity index (χ3v) is 6.10. The summed E-state index contributed by atoms with van der Waals surface area (Å²) in [4.78, 5) is 13.3. The van der Waals surface area contributed by atoms with Crippen LogP contribution in [0.1, 0.15) is 22.5 Å². The number of carbonyl (C=O) groups excluding carboxylic acids is 1. The highest BCUT2D eigenvalue weighted by Gasteiger charge is 2.31. The third-order valence-electron chi connectivity index (χ3n) is 5.19. The van der Waals surface area contributed by atoms with Gasteiger partial charge in [0.15, 0.2) is 5.16 Å². The zero-order valence-corrected chi connectivity index (χ0v) is 20.3. The monoisotopic (exact) mass is 509 g/mol. The smallest absolute Gasteiger partial charge is 0.274 e. The van der Waals surface area contributed by atoms with Gasteiger partial charge in [-0.1, -0.05) is 65.9 Å². The number of aromatic nitrogens is 3. The number of carbonyl (C=O) groups is 1. The van der Waals surface area contributed by atoms with E-state index in [2.05, 4.69) is 15.3 Å². The molecule has 0 unspecified atom stereocenters. The number of hydrazone groups is 1. The van der Waals surface area contributed by atoms with E-state index in [-0.39, 0.29) is 11.4 Å². The van der Waals surface area contributed by atoms with Gasteiger partial charge in [0.2, 0.25) is 0 Å². The molecule has 1 amide bonds. The number of hydrogen-bond donors (Lipinski definition) is 0. The quantitative estimate of drug-likeness (QED) is 0.173. The van der Waals surface area contributed by atoms with Crippen molar-refractivity contribution in [2.75, 3.05) is 10.8 Å². The van der Waals surface area contributed by atoms with Crippen molar-refractivity contribution in [3.05, 3.63) is 101 Å². The highest BCUT2D eigenvalue weighted by atomic mass is 32.2. The van der Waals surface area contributed by atoms with Crippen LogP contribution in [0.5, 0.6) is 0 Å². The lowest BCUT2D eigenvalue weighted by Crippen LogP contribution is -2.28. The lowest BCUT2D eigenvalue weighted by molar-refractivity contribution is -0.137. The Morgan fingerprint density at radius 3 is 2.42 bits per heavy atom. The predicted octanol–water partition coefficient (Wildman–Crippen LogP) is 6.06. The van der Waals surface area contributed by atoms with Crippen LogP contribution >= 0.6 is 11.8 Å². The van der Waals surface area contributed by atoms with E-state index < -0.39 is 17.6 Å². The van der Waals surface area contributed by atoms with E-state index >= 15 is 0 Å². The molecule has 0 aliphatic heterocycles. The highest BCUT2D eigenvalue weighted by Crippen LogP contribution is 2.32. The van der Waals surface area contributed by atoms with E-state index in [9.17, 15) is 18.0 Å². The summed E-state index contributed by atoms with van der Waals surface area (Å²) in [6, 6.07) is 21.3. The molecule has 0 atom stereocenters. The molecule has 0 fully saturated rings. The average molecular weight is 510 g/mol. The van der Waals surface area contributed by atoms with Crippen LogP contribution < -0.4 is 5.01 Å². The van der Waals surface area contributed by atoms with Crippen molar-refractivity contribution < 1.29 is 18.0 Å². The minimum Gasteiger partial charge on any atom is -0.274 e. The fourth-order valence-electron chi connectivity index (χ4n) is 3.37. The van der Waals surface area contributed by atoms with E-state index in [1.165, 1.54) is 18.3 Å². The Hall–Kier alpha value is -3.92. The molecule has 6 nitrogen and oxygen atoms in total. The lowest BCUT2D eigenvalue weighted by Gasteiger charge is -2.18. The summed E-state index contributed by atoms with van der Waals surface area (Å²) in [6.07, 6.45) is -3.12. The van der Waals surface area contributed by atoms with Gasteiger partial charge in [-0.05, 0) is 49.7 Å². The Kier molecular flexibility index (Phi) is 7.54. The van der Waals surface area contributed by atoms with Gasteiger partial charge in [-0.25, -0.2) is 5.01 Å². The molecule has 0 bridgehead atoms. The summed E-state index contributed by atoms with van der Waals surface area (Å²) in [5.41, 5.74) is 1.79. The summed E-state index contributed by atoms with van der Waals surface area (Å²) in [5, 5.41) is 14.0. The first-order valence-corrected chi connectivity index (χ1v) is 11.9. The van der Waals surface area contributed by atoms with Crippen molar-refractivity contribution in [3.63, 3.8) is 0 Å². The second-order valence-electron chi connectivity index (χ2n) is 7.90. The fraction of sp³-hybridized carbons (Fsp3) is 0.154. The van der Waals surface area contributed by atoms with Crippen LogP contribution in [0.25, 0.3) is 5.69 Å². The number of halogens is 3. The molecule has 0 aliphatic rings. The van der Waals surface area contributed by atoms with E-state index in [1.54, 1.807) is 31.2 Å². The average Bonchev–Trinajstić information content (AvgIpc) is 3.24. The maximum atomic E-state index is 13.3. The maximum Gasteiger partial charge on any atom is 0.416 e. The molecule has 0 saturated carbocycles. The van der Waals surface area contributed by atoms with Gasteiger partial charge >= 0.3 is 6.18 Å². The number of anilines is 1. The van der Waals surface area contributed by atoms with Crippen molar-refractivity contribution >= 4 is 29.6 Å². The number of thioether (sulfide) groups is 1. The molecule has 4 aromatic rings. The fourth-order valence-corrected chi connectivity index (χ4v) is 4.21. The van der Waals surface area contributed by atoms with Gasteiger partial charge in [-0.2, -0.15) is 18.3 Å². The molecule has 10 heteroatoms. The van der Waals surface area contributed by atoms with Gasteiger partial charge in [0.05, 0.1) is 23.2 Å². The molecule has 0 aliphatic carbocycles. The maximum absolute atomic E-state index is 13.3. The molecule has 0 N–H and O–H groups in total. The molecule has 3 aromatic carbocycles. The predicted molar refractivity (Wildman–Crippen MR) is 135 cm³/mol. The summed E-state index contributed by atoms with van der Waals surface area (Å²) in [7, 11) is 0. The van der Waals surface area contributed by atoms with Crippen LogP contribution in [-0.4, -0.2) is 32.6 Å². The largest absolute Gasteiger partial charge is 0.416 e. The first-order valence-electron chi connectivity index (χ1n) is 10.9. The Balaban J connectivity index is 1.61. The topological polar surface area (TPSA) is 63.4 Å². The first kappa shape index (κ1) is 25.2. The Morgan fingerprint density at radius 2 is 1.72 bits per heavy atom. The molecule has 0 spiro atoms. The summed E-state index contributed by atoms with van der Waals surface area (Å²) in [6.45, 7) is 3.79. The van der Waals surface area contributed by atoms with E-state index in [0.29, 0.717) is 16.5 Å². The molecule has 1 aromatic heterocycles. The number of benzene rings is 3. The van der Waals surface area contributed by atoms with Crippen LogP contribution in [-0.2, 0) is 11.0 Å². The summed E-state index contributed by atoms with van der Waals surface area (Å²) in [5.74, 6) is 0.0140. The zero-order chi connectivity index (χ0) is 25.7. The van der Waals surface area contributed by atoms with Crippen LogP contribution in [0.2, 0.25) is 0 Å². The van der Waals surface area contributed by atoms with Crippen LogP contribution in [0, 0.1) is 13.8 Å². The van der Waals surface area contributed by atoms with Gasteiger partial charge in [-0.15, -0.1) is 10.2 Å². The Labute approximate surface area is 210 Å². The summed E-state index contributed by atoms with van der Waals surface area (Å²) < 4.78 is 41.8. The standard InChI is InChI=1S/C26H22F3N5OS/c1-18-11-13-22(14-12-18)33-19(2)31-32-25(33)36-17-24(35)34(30-16-20-7-4-3-5-8-20)23-10-6-9-21(15-23)26(27,28)29/h3-16H,17H2,1-2H3. The number of nitrogens with zero attached hydrogens (tertiary/aromatic N) is 5. The van der Waals surface area contributed by atoms with E-state index in [4.69, 9.17) is 0 Å². The second kappa shape index (κ2) is 10.8. The van der Waals surface area contributed by atoms with Crippen molar-refractivity contribution in [1.82, 2.24) is 14.8 Å². The molecule has 4 rings (SSSR count). The van der Waals surface area contributed by atoms with Crippen LogP contribution in [0.4, 0.5) is 18.9 Å². The number of hydrogen-bond acceptors (Lipinski definition) is 5. The van der Waals surface area contributed by atoms with Gasteiger partial charge in [0.25, 0.3) is 5.91 Å². The number of aryl methyl sites for hydroxylation is 2. The minimum atomic E-state index is -4.55. The van der Waals surface area contributed by atoms with Crippen molar-refractivity contribution in [1.29, 1.82) is 0 Å². The van der Waals surface area contributed by atoms with Crippen molar-refractivity contribution in [3.8, 4) is 5.69 Å². The van der Waals surface area contributed by atoms with Crippen LogP contribution in [0.15, 0.2) is 89.1 Å². The SMILES string of the molecule is Cc1ccc(-n2c(C)nnc2SCC(=O)N(N=Cc2ccccc2)c2cccc(C(F)(F)F)c2)cc1. The first-order chi connectivity index (χ1) is 17.2. The molecular formula is C26H22F3N5OS. The van der Waals surface area contributed by atoms with Crippen LogP contribution in [0.3, 0.4) is 0 Å². The van der Waals surface area contributed by atoms with Crippen molar-refractivity contribution in [2.24, 2.45) is 5.10 Å². The van der Waals surface area contributed by atoms with E-state index in [1.807, 2.05) is 41.8 Å². The highest BCUT2D eigenvalue weighted by molar-refractivity contribution is 7.99. The Bertz CT molecular complexity index is 1370. The molecular weight excluding hydrogens is 487 g/mol. The zero-order valence-electron chi connectivity index (χ0n) is 19.5. The number of amides is 1. The Morgan fingerprint density at radius 1 is 1.00 bits per heavy atom. The number of rotatable bonds is 7. The van der Waals surface area contributed by atoms with Gasteiger partial charge < -0.3 is 0 Å². The van der Waals surface area contributed by atoms with Gasteiger partial charge in [0.1, 0.15) is 5.82 Å².